The van der Waals surface area contributed by atoms with Crippen molar-refractivity contribution in [2.75, 3.05) is 33.0 Å². The molecule has 3 unspecified atom stereocenters. The molecular formula is C52H97O9P. The molecule has 0 fully saturated rings. The summed E-state index contributed by atoms with van der Waals surface area (Å²) < 4.78 is 33.5. The zero-order valence-electron chi connectivity index (χ0n) is 40.1. The molecule has 9 nitrogen and oxygen atoms in total. The summed E-state index contributed by atoms with van der Waals surface area (Å²) in [6, 6.07) is 0. The second-order valence-corrected chi connectivity index (χ2v) is 18.6. The molecule has 0 heterocycles. The third-order valence-corrected chi connectivity index (χ3v) is 11.9. The standard InChI is InChI=1S/C52H97O9P/c1-3-5-7-9-11-13-15-17-19-21-22-23-24-25-26-27-29-31-33-35-37-39-41-43-45-58-48-51(49-60-62(56,57)59-47-50(54)46-53)61-52(55)44-42-40-38-36-34-32-30-28-20-18-16-14-12-10-8-6-4-2/h12,14-15,17-18,20-22,50-51,53-54H,3-11,13,16,19,23-49H2,1-2H3,(H,56,57)/b14-12-,17-15-,20-18-,22-21-. The van der Waals surface area contributed by atoms with Gasteiger partial charge in [0.05, 0.1) is 26.4 Å². The van der Waals surface area contributed by atoms with Gasteiger partial charge in [0.2, 0.25) is 0 Å². The zero-order valence-corrected chi connectivity index (χ0v) is 41.0. The van der Waals surface area contributed by atoms with Gasteiger partial charge in [0, 0.05) is 13.0 Å². The maximum atomic E-state index is 12.7. The first-order valence-electron chi connectivity index (χ1n) is 25.6. The van der Waals surface area contributed by atoms with Gasteiger partial charge >= 0.3 is 13.8 Å². The molecule has 0 saturated carbocycles. The van der Waals surface area contributed by atoms with E-state index in [4.69, 9.17) is 23.6 Å². The number of rotatable bonds is 49. The molecule has 0 aromatic rings. The predicted octanol–water partition coefficient (Wildman–Crippen LogP) is 14.9. The minimum Gasteiger partial charge on any atom is -0.457 e. The van der Waals surface area contributed by atoms with Crippen molar-refractivity contribution in [3.8, 4) is 0 Å². The molecule has 10 heteroatoms. The third-order valence-electron chi connectivity index (χ3n) is 11.0. The fourth-order valence-corrected chi connectivity index (χ4v) is 7.85. The normalized spacial score (nSPS) is 14.2. The molecule has 62 heavy (non-hydrogen) atoms. The molecule has 0 aromatic heterocycles. The number of ether oxygens (including phenoxy) is 2. The lowest BCUT2D eigenvalue weighted by molar-refractivity contribution is -0.154. The van der Waals surface area contributed by atoms with E-state index < -0.39 is 33.2 Å². The van der Waals surface area contributed by atoms with Crippen LogP contribution in [-0.4, -0.2) is 66.3 Å². The lowest BCUT2D eigenvalue weighted by Crippen LogP contribution is -2.29. The Morgan fingerprint density at radius 3 is 1.32 bits per heavy atom. The number of unbranched alkanes of at least 4 members (excludes halogenated alkanes) is 27. The highest BCUT2D eigenvalue weighted by Crippen LogP contribution is 2.43. The molecule has 0 bridgehead atoms. The van der Waals surface area contributed by atoms with E-state index in [-0.39, 0.29) is 25.6 Å². The molecule has 0 aliphatic heterocycles. The number of phosphoric acid groups is 1. The summed E-state index contributed by atoms with van der Waals surface area (Å²) >= 11 is 0. The predicted molar refractivity (Wildman–Crippen MR) is 260 cm³/mol. The van der Waals surface area contributed by atoms with E-state index in [0.717, 1.165) is 64.2 Å². The van der Waals surface area contributed by atoms with Crippen LogP contribution in [0, 0.1) is 0 Å². The van der Waals surface area contributed by atoms with Crippen LogP contribution in [0.3, 0.4) is 0 Å². The van der Waals surface area contributed by atoms with Gasteiger partial charge in [0.15, 0.2) is 0 Å². The van der Waals surface area contributed by atoms with Gasteiger partial charge in [-0.1, -0.05) is 197 Å². The Balaban J connectivity index is 4.06. The van der Waals surface area contributed by atoms with E-state index in [1.54, 1.807) is 0 Å². The Bertz CT molecular complexity index is 1110. The Morgan fingerprint density at radius 2 is 0.871 bits per heavy atom. The number of carbonyl (C=O) groups is 1. The summed E-state index contributed by atoms with van der Waals surface area (Å²) in [6.45, 7) is 3.50. The Morgan fingerprint density at radius 1 is 0.500 bits per heavy atom. The summed E-state index contributed by atoms with van der Waals surface area (Å²) in [5.74, 6) is -0.389. The van der Waals surface area contributed by atoms with Crippen molar-refractivity contribution in [3.63, 3.8) is 0 Å². The van der Waals surface area contributed by atoms with Crippen LogP contribution < -0.4 is 0 Å². The van der Waals surface area contributed by atoms with E-state index in [9.17, 15) is 19.4 Å². The van der Waals surface area contributed by atoms with Crippen molar-refractivity contribution in [2.24, 2.45) is 0 Å². The van der Waals surface area contributed by atoms with Gasteiger partial charge in [-0.3, -0.25) is 13.8 Å². The summed E-state index contributed by atoms with van der Waals surface area (Å²) in [5, 5.41) is 18.4. The van der Waals surface area contributed by atoms with Crippen molar-refractivity contribution < 1.29 is 43.0 Å². The summed E-state index contributed by atoms with van der Waals surface area (Å²) in [7, 11) is -4.53. The smallest absolute Gasteiger partial charge is 0.457 e. The Hall–Kier alpha value is -1.58. The zero-order chi connectivity index (χ0) is 45.3. The molecule has 0 saturated heterocycles. The van der Waals surface area contributed by atoms with Crippen LogP contribution in [0.2, 0.25) is 0 Å². The average molecular weight is 897 g/mol. The molecule has 0 aromatic carbocycles. The lowest BCUT2D eigenvalue weighted by atomic mass is 10.0. The first-order chi connectivity index (χ1) is 30.3. The van der Waals surface area contributed by atoms with Gasteiger partial charge in [0.1, 0.15) is 12.2 Å². The van der Waals surface area contributed by atoms with E-state index in [0.29, 0.717) is 6.61 Å². The van der Waals surface area contributed by atoms with Crippen molar-refractivity contribution >= 4 is 13.8 Å². The van der Waals surface area contributed by atoms with Crippen molar-refractivity contribution in [1.29, 1.82) is 0 Å². The van der Waals surface area contributed by atoms with Crippen LogP contribution in [0.25, 0.3) is 0 Å². The highest BCUT2D eigenvalue weighted by molar-refractivity contribution is 7.47. The number of aliphatic hydroxyl groups is 2. The number of hydrogen-bond donors (Lipinski definition) is 3. The summed E-state index contributed by atoms with van der Waals surface area (Å²) in [5.41, 5.74) is 0. The van der Waals surface area contributed by atoms with Crippen LogP contribution >= 0.6 is 7.82 Å². The van der Waals surface area contributed by atoms with Gasteiger partial charge in [-0.2, -0.15) is 0 Å². The molecule has 0 amide bonds. The molecule has 3 atom stereocenters. The molecule has 364 valence electrons. The summed E-state index contributed by atoms with van der Waals surface area (Å²) in [6.07, 6.45) is 56.5. The van der Waals surface area contributed by atoms with Gasteiger partial charge in [0.25, 0.3) is 0 Å². The van der Waals surface area contributed by atoms with Crippen LogP contribution in [0.4, 0.5) is 0 Å². The Labute approximate surface area is 381 Å². The lowest BCUT2D eigenvalue weighted by Gasteiger charge is -2.20. The van der Waals surface area contributed by atoms with Gasteiger partial charge in [-0.15, -0.1) is 0 Å². The second-order valence-electron chi connectivity index (χ2n) is 17.2. The minimum atomic E-state index is -4.53. The maximum absolute atomic E-state index is 12.7. The fraction of sp³-hybridized carbons (Fsp3) is 0.827. The second kappa shape index (κ2) is 48.9. The van der Waals surface area contributed by atoms with Crippen LogP contribution in [0.1, 0.15) is 232 Å². The third kappa shape index (κ3) is 47.9. The number of phosphoric ester groups is 1. The fourth-order valence-electron chi connectivity index (χ4n) is 7.06. The topological polar surface area (TPSA) is 132 Å². The number of allylic oxidation sites excluding steroid dienone is 8. The van der Waals surface area contributed by atoms with E-state index in [1.165, 1.54) is 148 Å². The van der Waals surface area contributed by atoms with Crippen molar-refractivity contribution in [1.82, 2.24) is 0 Å². The largest absolute Gasteiger partial charge is 0.472 e. The molecule has 0 spiro atoms. The average Bonchev–Trinajstić information content (AvgIpc) is 3.26. The maximum Gasteiger partial charge on any atom is 0.472 e. The van der Waals surface area contributed by atoms with Gasteiger partial charge in [-0.05, 0) is 77.0 Å². The van der Waals surface area contributed by atoms with Gasteiger partial charge < -0.3 is 24.6 Å². The molecular weight excluding hydrogens is 800 g/mol. The highest BCUT2D eigenvalue weighted by atomic mass is 31.2. The monoisotopic (exact) mass is 897 g/mol. The van der Waals surface area contributed by atoms with Crippen molar-refractivity contribution in [2.45, 2.75) is 244 Å². The van der Waals surface area contributed by atoms with Crippen LogP contribution in [0.15, 0.2) is 48.6 Å². The highest BCUT2D eigenvalue weighted by Gasteiger charge is 2.26. The number of esters is 1. The SMILES string of the molecule is CCCCC/C=C\C/C=C\CCCCCCCCCC(=O)OC(COCCCCCCCCCCCCCC/C=C\C/C=C\CCCCCCC)COP(=O)(O)OCC(O)CO. The Kier molecular flexibility index (Phi) is 47.6. The molecule has 0 rings (SSSR count). The van der Waals surface area contributed by atoms with E-state index in [2.05, 4.69) is 62.5 Å². The molecule has 0 aliphatic rings. The van der Waals surface area contributed by atoms with Gasteiger partial charge in [-0.25, -0.2) is 4.57 Å². The first-order valence-corrected chi connectivity index (χ1v) is 27.1. The first kappa shape index (κ1) is 60.4. The molecule has 3 N–H and O–H groups in total. The summed E-state index contributed by atoms with van der Waals surface area (Å²) in [4.78, 5) is 22.7. The van der Waals surface area contributed by atoms with E-state index in [1.807, 2.05) is 0 Å². The van der Waals surface area contributed by atoms with Crippen LogP contribution in [-0.2, 0) is 27.9 Å². The number of aliphatic hydroxyl groups excluding tert-OH is 2. The number of carbonyl (C=O) groups excluding carboxylic acids is 1. The van der Waals surface area contributed by atoms with Crippen molar-refractivity contribution in [3.05, 3.63) is 48.6 Å². The minimum absolute atomic E-state index is 0.0452. The number of hydrogen-bond acceptors (Lipinski definition) is 8. The molecule has 0 radical (unpaired) electrons. The van der Waals surface area contributed by atoms with Crippen LogP contribution in [0.5, 0.6) is 0 Å². The quantitative estimate of drug-likeness (QED) is 0.0236. The van der Waals surface area contributed by atoms with E-state index >= 15 is 0 Å². The molecule has 0 aliphatic carbocycles.